The molecule has 0 unspecified atom stereocenters. The van der Waals surface area contributed by atoms with Crippen molar-refractivity contribution in [2.24, 2.45) is 5.41 Å². The van der Waals surface area contributed by atoms with E-state index in [1.807, 2.05) is 36.4 Å². The van der Waals surface area contributed by atoms with Crippen LogP contribution in [0.25, 0.3) is 44.5 Å². The summed E-state index contributed by atoms with van der Waals surface area (Å²) in [6, 6.07) is 28.4. The Morgan fingerprint density at radius 3 is 1.93 bits per heavy atom. The molecule has 0 fully saturated rings. The predicted molar refractivity (Wildman–Crippen MR) is 158 cm³/mol. The van der Waals surface area contributed by atoms with E-state index >= 15 is 0 Å². The highest BCUT2D eigenvalue weighted by Crippen LogP contribution is 2.40. The maximum absolute atomic E-state index is 13.5. The van der Waals surface area contributed by atoms with Crippen molar-refractivity contribution in [3.63, 3.8) is 0 Å². The van der Waals surface area contributed by atoms with E-state index in [-0.39, 0.29) is 11.0 Å². The van der Waals surface area contributed by atoms with E-state index in [2.05, 4.69) is 56.1 Å². The normalized spacial score (nSPS) is 13.7. The number of benzene rings is 4. The molecule has 0 aliphatic rings. The number of nitrogens with zero attached hydrogens (tertiary/aromatic N) is 2. The molecular weight excluding hydrogens is 505 g/mol. The summed E-state index contributed by atoms with van der Waals surface area (Å²) in [6.07, 6.45) is -5.52. The zero-order chi connectivity index (χ0) is 30.5. The van der Waals surface area contributed by atoms with Crippen molar-refractivity contribution in [3.8, 4) is 33.8 Å². The lowest BCUT2D eigenvalue weighted by Crippen LogP contribution is -2.34. The third kappa shape index (κ3) is 5.65. The Morgan fingerprint density at radius 1 is 0.700 bits per heavy atom. The quantitative estimate of drug-likeness (QED) is 0.222. The van der Waals surface area contributed by atoms with Gasteiger partial charge in [-0.3, -0.25) is 0 Å². The first-order valence-electron chi connectivity index (χ1n) is 14.2. The lowest BCUT2D eigenvalue weighted by Gasteiger charge is -2.27. The number of hydrogen-bond acceptors (Lipinski definition) is 2. The molecule has 2 nitrogen and oxygen atoms in total. The van der Waals surface area contributed by atoms with Crippen LogP contribution in [0, 0.1) is 5.41 Å². The highest BCUT2D eigenvalue weighted by molar-refractivity contribution is 5.90. The van der Waals surface area contributed by atoms with Gasteiger partial charge in [0.15, 0.2) is 5.82 Å². The lowest BCUT2D eigenvalue weighted by molar-refractivity contribution is -0.211. The Labute approximate surface area is 236 Å². The van der Waals surface area contributed by atoms with Crippen LogP contribution in [0.1, 0.15) is 48.5 Å². The number of halogens is 3. The van der Waals surface area contributed by atoms with Crippen LogP contribution in [0.2, 0.25) is 0 Å². The van der Waals surface area contributed by atoms with E-state index in [4.69, 9.17) is 7.73 Å². The maximum atomic E-state index is 13.5. The second-order valence-electron chi connectivity index (χ2n) is 11.7. The molecule has 1 heterocycles. The highest BCUT2D eigenvalue weighted by Gasteiger charge is 2.46. The van der Waals surface area contributed by atoms with Gasteiger partial charge in [-0.25, -0.2) is 9.97 Å². The van der Waals surface area contributed by atoms with Crippen LogP contribution in [0.3, 0.4) is 0 Å². The molecule has 5 rings (SSSR count). The van der Waals surface area contributed by atoms with Gasteiger partial charge >= 0.3 is 6.18 Å². The lowest BCUT2D eigenvalue weighted by atomic mass is 9.82. The van der Waals surface area contributed by atoms with Crippen LogP contribution < -0.4 is 0 Å². The molecule has 0 aliphatic carbocycles. The summed E-state index contributed by atoms with van der Waals surface area (Å²) in [4.78, 5) is 9.46. The molecule has 4 aromatic carbocycles. The second-order valence-corrected chi connectivity index (χ2v) is 11.7. The minimum Gasteiger partial charge on any atom is -0.237 e. The van der Waals surface area contributed by atoms with Crippen LogP contribution in [0.15, 0.2) is 97.2 Å². The summed E-state index contributed by atoms with van der Waals surface area (Å²) in [7, 11) is 0. The largest absolute Gasteiger partial charge is 0.394 e. The summed E-state index contributed by atoms with van der Waals surface area (Å²) < 4.78 is 57.0. The molecular formula is C35H33F3N2. The summed E-state index contributed by atoms with van der Waals surface area (Å²) in [6.45, 7) is 8.38. The molecule has 0 N–H and O–H groups in total. The van der Waals surface area contributed by atoms with Crippen LogP contribution in [0.5, 0.6) is 0 Å². The molecule has 0 saturated carbocycles. The van der Waals surface area contributed by atoms with Gasteiger partial charge in [-0.15, -0.1) is 0 Å². The molecule has 0 saturated heterocycles. The van der Waals surface area contributed by atoms with Gasteiger partial charge in [0.2, 0.25) is 0 Å². The number of hydrogen-bond donors (Lipinski definition) is 0. The van der Waals surface area contributed by atoms with Crippen molar-refractivity contribution < 1.29 is 15.9 Å². The van der Waals surface area contributed by atoms with Crippen LogP contribution in [-0.4, -0.2) is 16.1 Å². The van der Waals surface area contributed by atoms with Gasteiger partial charge in [-0.05, 0) is 63.0 Å². The SMILES string of the molecule is [2H]C([2H])(c1ccc(-c2ccc(-c3ccnc(-c4cc(C(C)(C)C)c5ccccc5c4)n3)cc2)cc1)C(C)(C)C(F)(F)F. The zero-order valence-electron chi connectivity index (χ0n) is 25.3. The molecule has 0 amide bonds. The molecule has 0 atom stereocenters. The summed E-state index contributed by atoms with van der Waals surface area (Å²) >= 11 is 0. The standard InChI is InChI=1S/C35H33F3N2/c1-33(2,3)30-21-28(20-27-8-6-7-9-29(27)30)32-39-19-18-31(40-32)26-16-14-25(15-17-26)24-12-10-23(11-13-24)22-34(4,5)35(36,37)38/h6-21H,22H2,1-5H3/i22D2. The van der Waals surface area contributed by atoms with Gasteiger partial charge in [0.1, 0.15) is 0 Å². The topological polar surface area (TPSA) is 25.8 Å². The third-order valence-corrected chi connectivity index (χ3v) is 7.15. The van der Waals surface area contributed by atoms with E-state index in [1.165, 1.54) is 23.1 Å². The van der Waals surface area contributed by atoms with E-state index in [0.29, 0.717) is 5.82 Å². The van der Waals surface area contributed by atoms with Gasteiger partial charge in [-0.2, -0.15) is 13.2 Å². The van der Waals surface area contributed by atoms with Crippen molar-refractivity contribution in [2.45, 2.75) is 52.6 Å². The van der Waals surface area contributed by atoms with Gasteiger partial charge in [0.05, 0.1) is 11.1 Å². The minimum atomic E-state index is -4.69. The van der Waals surface area contributed by atoms with E-state index < -0.39 is 18.0 Å². The van der Waals surface area contributed by atoms with Crippen molar-refractivity contribution in [3.05, 3.63) is 108 Å². The third-order valence-electron chi connectivity index (χ3n) is 7.15. The van der Waals surface area contributed by atoms with Crippen LogP contribution >= 0.6 is 0 Å². The predicted octanol–water partition coefficient (Wildman–Crippen LogP) is 10.1. The van der Waals surface area contributed by atoms with E-state index in [9.17, 15) is 13.2 Å². The Balaban J connectivity index is 1.43. The number of alkyl halides is 3. The smallest absolute Gasteiger partial charge is 0.237 e. The maximum Gasteiger partial charge on any atom is 0.394 e. The first kappa shape index (κ1) is 25.0. The number of rotatable bonds is 5. The molecule has 0 spiro atoms. The molecule has 5 heteroatoms. The average Bonchev–Trinajstić information content (AvgIpc) is 2.95. The van der Waals surface area contributed by atoms with Crippen molar-refractivity contribution in [2.75, 3.05) is 0 Å². The average molecular weight is 541 g/mol. The molecule has 0 aliphatic heterocycles. The van der Waals surface area contributed by atoms with Gasteiger partial charge in [0.25, 0.3) is 0 Å². The molecule has 0 bridgehead atoms. The first-order chi connectivity index (χ1) is 19.6. The minimum absolute atomic E-state index is 0.0120. The summed E-state index contributed by atoms with van der Waals surface area (Å²) in [5.74, 6) is 0.638. The highest BCUT2D eigenvalue weighted by atomic mass is 19.4. The fourth-order valence-corrected chi connectivity index (χ4v) is 4.73. The number of fused-ring (bicyclic) bond motifs is 1. The van der Waals surface area contributed by atoms with Gasteiger partial charge in [0, 0.05) is 20.1 Å². The molecule has 5 aromatic rings. The van der Waals surface area contributed by atoms with Crippen molar-refractivity contribution in [1.82, 2.24) is 9.97 Å². The van der Waals surface area contributed by atoms with Gasteiger partial charge < -0.3 is 0 Å². The van der Waals surface area contributed by atoms with Crippen LogP contribution in [0.4, 0.5) is 13.2 Å². The summed E-state index contributed by atoms with van der Waals surface area (Å²) in [5.41, 5.74) is 2.89. The molecule has 204 valence electrons. The molecule has 40 heavy (non-hydrogen) atoms. The van der Waals surface area contributed by atoms with E-state index in [1.54, 1.807) is 18.3 Å². The zero-order valence-corrected chi connectivity index (χ0v) is 23.3. The monoisotopic (exact) mass is 540 g/mol. The Hall–Kier alpha value is -3.99. The van der Waals surface area contributed by atoms with Crippen LogP contribution in [-0.2, 0) is 11.8 Å². The Kier molecular flexibility index (Phi) is 6.38. The fraction of sp³-hybridized carbons (Fsp3) is 0.257. The second kappa shape index (κ2) is 10.2. The number of aromatic nitrogens is 2. The molecule has 1 aromatic heterocycles. The molecule has 0 radical (unpaired) electrons. The first-order valence-corrected chi connectivity index (χ1v) is 13.2. The van der Waals surface area contributed by atoms with Crippen molar-refractivity contribution >= 4 is 10.8 Å². The Bertz CT molecular complexity index is 1730. The van der Waals surface area contributed by atoms with Gasteiger partial charge in [-0.1, -0.05) is 107 Å². The summed E-state index contributed by atoms with van der Waals surface area (Å²) in [5, 5.41) is 2.35. The Morgan fingerprint density at radius 2 is 1.30 bits per heavy atom. The van der Waals surface area contributed by atoms with E-state index in [0.717, 1.165) is 47.2 Å². The van der Waals surface area contributed by atoms with Crippen molar-refractivity contribution in [1.29, 1.82) is 0 Å². The fourth-order valence-electron chi connectivity index (χ4n) is 4.73.